The summed E-state index contributed by atoms with van der Waals surface area (Å²) in [6.07, 6.45) is -0.149. The lowest BCUT2D eigenvalue weighted by molar-refractivity contribution is -0.135. The number of carbonyl (C=O) groups excluding carboxylic acids is 3. The highest BCUT2D eigenvalue weighted by Crippen LogP contribution is 2.50. The Labute approximate surface area is 192 Å². The van der Waals surface area contributed by atoms with Crippen LogP contribution in [0.25, 0.3) is 11.0 Å². The number of nitrogens with two attached hydrogens (primary N) is 1. The summed E-state index contributed by atoms with van der Waals surface area (Å²) >= 11 is 0. The molecule has 1 aliphatic rings. The topological polar surface area (TPSA) is 155 Å². The molecule has 0 radical (unpaired) electrons. The SMILES string of the molecule is COc1ccc([C@@H]2CC(=O)Oc3c(C(C)=O)c(O)c4c(C)cc(=O)oc4c32)cc1OCC(N)=O. The summed E-state index contributed by atoms with van der Waals surface area (Å²) in [6, 6.07) is 6.02. The lowest BCUT2D eigenvalue weighted by Crippen LogP contribution is -2.24. The molecular formula is C24H21NO9. The maximum Gasteiger partial charge on any atom is 0.336 e. The monoisotopic (exact) mass is 467 g/mol. The molecule has 1 aromatic heterocycles. The highest BCUT2D eigenvalue weighted by Gasteiger charge is 2.37. The molecule has 4 rings (SSSR count). The fourth-order valence-corrected chi connectivity index (χ4v) is 4.19. The van der Waals surface area contributed by atoms with Crippen LogP contribution in [0, 0.1) is 6.92 Å². The average Bonchev–Trinajstić information content (AvgIpc) is 2.76. The number of ketones is 1. The number of amides is 1. The van der Waals surface area contributed by atoms with E-state index >= 15 is 0 Å². The second-order valence-electron chi connectivity index (χ2n) is 7.87. The molecule has 2 aromatic carbocycles. The van der Waals surface area contributed by atoms with Crippen LogP contribution in [0.4, 0.5) is 0 Å². The van der Waals surface area contributed by atoms with Gasteiger partial charge in [0.25, 0.3) is 5.91 Å². The van der Waals surface area contributed by atoms with E-state index in [4.69, 9.17) is 24.4 Å². The molecule has 34 heavy (non-hydrogen) atoms. The Morgan fingerprint density at radius 3 is 2.59 bits per heavy atom. The van der Waals surface area contributed by atoms with Gasteiger partial charge in [-0.1, -0.05) is 6.07 Å². The van der Waals surface area contributed by atoms with E-state index in [1.165, 1.54) is 20.1 Å². The number of benzene rings is 2. The standard InChI is InChI=1S/C24H21NO9/c1-10-6-17(28)33-23-19(10)22(30)20(11(2)26)24-21(23)13(8-18(29)34-24)12-4-5-14(31-3)15(7-12)32-9-16(25)27/h4-7,13,30H,8-9H2,1-3H3,(H2,25,27)/t13-/m0/s1. The Morgan fingerprint density at radius 2 is 1.94 bits per heavy atom. The molecule has 0 fully saturated rings. The van der Waals surface area contributed by atoms with Crippen LogP contribution in [-0.2, 0) is 9.59 Å². The van der Waals surface area contributed by atoms with E-state index < -0.39 is 41.6 Å². The molecule has 176 valence electrons. The summed E-state index contributed by atoms with van der Waals surface area (Å²) in [6.45, 7) is 2.43. The molecule has 1 amide bonds. The van der Waals surface area contributed by atoms with Gasteiger partial charge in [-0.05, 0) is 37.1 Å². The van der Waals surface area contributed by atoms with Crippen molar-refractivity contribution in [3.05, 3.63) is 56.9 Å². The quantitative estimate of drug-likeness (QED) is 0.240. The van der Waals surface area contributed by atoms with Gasteiger partial charge < -0.3 is 29.5 Å². The van der Waals surface area contributed by atoms with E-state index in [0.29, 0.717) is 16.9 Å². The summed E-state index contributed by atoms with van der Waals surface area (Å²) in [5.41, 5.74) is 5.53. The number of Topliss-reactive ketones (excluding diaryl/α,β-unsaturated/α-hetero) is 1. The minimum absolute atomic E-state index is 0.00965. The number of hydrogen-bond donors (Lipinski definition) is 2. The molecule has 1 aliphatic heterocycles. The highest BCUT2D eigenvalue weighted by molar-refractivity contribution is 6.09. The number of phenolic OH excluding ortho intramolecular Hbond substituents is 1. The fraction of sp³-hybridized carbons (Fsp3) is 0.250. The Bertz CT molecular complexity index is 1420. The zero-order valence-corrected chi connectivity index (χ0v) is 18.6. The van der Waals surface area contributed by atoms with Crippen molar-refractivity contribution in [2.45, 2.75) is 26.2 Å². The second-order valence-corrected chi connectivity index (χ2v) is 7.87. The lowest BCUT2D eigenvalue weighted by Gasteiger charge is -2.28. The molecule has 3 aromatic rings. The van der Waals surface area contributed by atoms with Gasteiger partial charge in [0.1, 0.15) is 16.9 Å². The van der Waals surface area contributed by atoms with Crippen LogP contribution in [0.3, 0.4) is 0 Å². The van der Waals surface area contributed by atoms with Crippen molar-refractivity contribution >= 4 is 28.6 Å². The van der Waals surface area contributed by atoms with Gasteiger partial charge in [0.05, 0.1) is 18.9 Å². The first-order chi connectivity index (χ1) is 16.1. The summed E-state index contributed by atoms with van der Waals surface area (Å²) in [7, 11) is 1.42. The predicted octanol–water partition coefficient (Wildman–Crippen LogP) is 2.32. The highest BCUT2D eigenvalue weighted by atomic mass is 16.5. The average molecular weight is 467 g/mol. The van der Waals surface area contributed by atoms with Crippen molar-refractivity contribution < 1.29 is 38.1 Å². The van der Waals surface area contributed by atoms with Gasteiger partial charge in [-0.3, -0.25) is 14.4 Å². The molecule has 1 atom stereocenters. The van der Waals surface area contributed by atoms with Gasteiger partial charge >= 0.3 is 11.6 Å². The lowest BCUT2D eigenvalue weighted by atomic mass is 9.82. The number of aromatic hydroxyl groups is 1. The summed E-state index contributed by atoms with van der Waals surface area (Å²) < 4.78 is 21.6. The van der Waals surface area contributed by atoms with E-state index in [1.807, 2.05) is 0 Å². The van der Waals surface area contributed by atoms with Crippen LogP contribution >= 0.6 is 0 Å². The van der Waals surface area contributed by atoms with Crippen LogP contribution in [0.2, 0.25) is 0 Å². The van der Waals surface area contributed by atoms with Gasteiger partial charge in [-0.2, -0.15) is 0 Å². The first-order valence-corrected chi connectivity index (χ1v) is 10.3. The van der Waals surface area contributed by atoms with E-state index in [1.54, 1.807) is 25.1 Å². The maximum absolute atomic E-state index is 12.6. The Morgan fingerprint density at radius 1 is 1.21 bits per heavy atom. The number of primary amides is 1. The van der Waals surface area contributed by atoms with Crippen LogP contribution in [0.15, 0.2) is 33.5 Å². The van der Waals surface area contributed by atoms with E-state index in [0.717, 1.165) is 0 Å². The summed E-state index contributed by atoms with van der Waals surface area (Å²) in [4.78, 5) is 48.5. The minimum Gasteiger partial charge on any atom is -0.506 e. The number of esters is 1. The number of hydrogen-bond acceptors (Lipinski definition) is 9. The Hall–Kier alpha value is -4.34. The van der Waals surface area contributed by atoms with Gasteiger partial charge in [0.15, 0.2) is 29.6 Å². The third kappa shape index (κ3) is 3.83. The summed E-state index contributed by atoms with van der Waals surface area (Å²) in [5, 5.41) is 11.0. The fourth-order valence-electron chi connectivity index (χ4n) is 4.19. The molecule has 0 bridgehead atoms. The van der Waals surface area contributed by atoms with Gasteiger partial charge in [-0.25, -0.2) is 4.79 Å². The molecule has 0 saturated carbocycles. The normalized spacial score (nSPS) is 14.9. The van der Waals surface area contributed by atoms with Crippen molar-refractivity contribution in [1.82, 2.24) is 0 Å². The van der Waals surface area contributed by atoms with Gasteiger partial charge in [-0.15, -0.1) is 0 Å². The second kappa shape index (κ2) is 8.54. The summed E-state index contributed by atoms with van der Waals surface area (Å²) in [5.74, 6) is -2.68. The molecule has 10 nitrogen and oxygen atoms in total. The number of rotatable bonds is 6. The number of carbonyl (C=O) groups is 3. The number of ether oxygens (including phenoxy) is 3. The van der Waals surface area contributed by atoms with Gasteiger partial charge in [0.2, 0.25) is 0 Å². The smallest absolute Gasteiger partial charge is 0.336 e. The zero-order chi connectivity index (χ0) is 24.7. The molecular weight excluding hydrogens is 446 g/mol. The van der Waals surface area contributed by atoms with E-state index in [9.17, 15) is 24.3 Å². The Kier molecular flexibility index (Phi) is 5.74. The van der Waals surface area contributed by atoms with Crippen LogP contribution in [-0.4, -0.2) is 36.5 Å². The number of phenols is 1. The minimum atomic E-state index is -0.732. The van der Waals surface area contributed by atoms with Crippen LogP contribution in [0.5, 0.6) is 23.0 Å². The van der Waals surface area contributed by atoms with Crippen molar-refractivity contribution in [3.8, 4) is 23.0 Å². The van der Waals surface area contributed by atoms with Crippen molar-refractivity contribution in [1.29, 1.82) is 0 Å². The van der Waals surface area contributed by atoms with Crippen molar-refractivity contribution in [2.75, 3.05) is 13.7 Å². The maximum atomic E-state index is 12.6. The molecule has 0 unspecified atom stereocenters. The first-order valence-electron chi connectivity index (χ1n) is 10.3. The molecule has 0 aliphatic carbocycles. The van der Waals surface area contributed by atoms with Gasteiger partial charge in [0, 0.05) is 17.5 Å². The molecule has 10 heteroatoms. The number of aryl methyl sites for hydroxylation is 1. The first kappa shape index (κ1) is 22.8. The molecule has 0 saturated heterocycles. The van der Waals surface area contributed by atoms with Crippen LogP contribution < -0.4 is 25.6 Å². The largest absolute Gasteiger partial charge is 0.506 e. The van der Waals surface area contributed by atoms with Crippen LogP contribution in [0.1, 0.15) is 46.3 Å². The zero-order valence-electron chi connectivity index (χ0n) is 18.6. The Balaban J connectivity index is 2.04. The van der Waals surface area contributed by atoms with E-state index in [-0.39, 0.29) is 40.0 Å². The number of fused-ring (bicyclic) bond motifs is 3. The molecule has 0 spiro atoms. The van der Waals surface area contributed by atoms with E-state index in [2.05, 4.69) is 0 Å². The van der Waals surface area contributed by atoms with Crippen molar-refractivity contribution in [3.63, 3.8) is 0 Å². The third-order valence-corrected chi connectivity index (χ3v) is 5.60. The third-order valence-electron chi connectivity index (χ3n) is 5.60. The van der Waals surface area contributed by atoms with Crippen molar-refractivity contribution in [2.24, 2.45) is 5.73 Å². The number of methoxy groups -OCH3 is 1. The molecule has 3 N–H and O–H groups in total. The molecule has 2 heterocycles. The predicted molar refractivity (Wildman–Crippen MR) is 119 cm³/mol.